The summed E-state index contributed by atoms with van der Waals surface area (Å²) in [7, 11) is 0. The zero-order chi connectivity index (χ0) is 16.7. The Morgan fingerprint density at radius 3 is 3.00 bits per heavy atom. The monoisotopic (exact) mass is 340 g/mol. The van der Waals surface area contributed by atoms with Crippen LogP contribution in [0.3, 0.4) is 0 Å². The largest absolute Gasteiger partial charge is 0.329 e. The van der Waals surface area contributed by atoms with Crippen molar-refractivity contribution in [2.45, 2.75) is 25.8 Å². The van der Waals surface area contributed by atoms with Crippen LogP contribution in [0.4, 0.5) is 0 Å². The van der Waals surface area contributed by atoms with E-state index in [0.717, 1.165) is 18.5 Å². The number of hydrogen-bond donors (Lipinski definition) is 1. The van der Waals surface area contributed by atoms with Crippen LogP contribution in [0.1, 0.15) is 39.8 Å². The number of carbonyl (C=O) groups is 1. The number of aromatic nitrogens is 3. The third-order valence-electron chi connectivity index (χ3n) is 4.47. The number of rotatable bonds is 2. The highest BCUT2D eigenvalue weighted by molar-refractivity contribution is 7.20. The van der Waals surface area contributed by atoms with Gasteiger partial charge in [-0.1, -0.05) is 6.07 Å². The molecule has 0 radical (unpaired) electrons. The average molecular weight is 340 g/mol. The Morgan fingerprint density at radius 2 is 2.25 bits per heavy atom. The number of likely N-dealkylation sites (tertiary alicyclic amines) is 1. The predicted octanol–water partition coefficient (Wildman–Crippen LogP) is 2.67. The van der Waals surface area contributed by atoms with Gasteiger partial charge in [-0.15, -0.1) is 11.3 Å². The molecule has 0 aromatic carbocycles. The van der Waals surface area contributed by atoms with Gasteiger partial charge in [-0.05, 0) is 37.5 Å². The van der Waals surface area contributed by atoms with Gasteiger partial charge in [0.15, 0.2) is 0 Å². The van der Waals surface area contributed by atoms with Gasteiger partial charge in [0.25, 0.3) is 11.5 Å². The van der Waals surface area contributed by atoms with E-state index in [4.69, 9.17) is 0 Å². The summed E-state index contributed by atoms with van der Waals surface area (Å²) < 4.78 is 0. The lowest BCUT2D eigenvalue weighted by molar-refractivity contribution is 0.0737. The fourth-order valence-electron chi connectivity index (χ4n) is 3.30. The Kier molecular flexibility index (Phi) is 3.65. The topological polar surface area (TPSA) is 79.0 Å². The molecule has 1 saturated heterocycles. The standard InChI is InChI=1S/C17H16N4O2S/c1-10-13-15(22)19-9-20-16(13)24-14(10)17(23)21-8-4-6-12(21)11-5-2-3-7-18-11/h2-3,5,7,9,12H,4,6,8H2,1H3,(H,19,20,22)/t12-/m1/s1. The summed E-state index contributed by atoms with van der Waals surface area (Å²) >= 11 is 1.29. The van der Waals surface area contributed by atoms with Crippen molar-refractivity contribution in [3.63, 3.8) is 0 Å². The number of nitrogens with zero attached hydrogens (tertiary/aromatic N) is 3. The summed E-state index contributed by atoms with van der Waals surface area (Å²) in [6.07, 6.45) is 4.99. The van der Waals surface area contributed by atoms with Crippen LogP contribution in [-0.2, 0) is 0 Å². The van der Waals surface area contributed by atoms with Crippen LogP contribution in [0.25, 0.3) is 10.2 Å². The lowest BCUT2D eigenvalue weighted by atomic mass is 10.1. The number of fused-ring (bicyclic) bond motifs is 1. The van der Waals surface area contributed by atoms with Crippen molar-refractivity contribution in [3.8, 4) is 0 Å². The van der Waals surface area contributed by atoms with Crippen molar-refractivity contribution in [1.82, 2.24) is 19.9 Å². The molecule has 0 bridgehead atoms. The van der Waals surface area contributed by atoms with Crippen LogP contribution in [0, 0.1) is 6.92 Å². The van der Waals surface area contributed by atoms with Crippen molar-refractivity contribution in [2.75, 3.05) is 6.54 Å². The Bertz CT molecular complexity index is 964. The van der Waals surface area contributed by atoms with Gasteiger partial charge in [0.2, 0.25) is 0 Å². The fourth-order valence-corrected chi connectivity index (χ4v) is 4.41. The number of thiophene rings is 1. The van der Waals surface area contributed by atoms with Crippen molar-refractivity contribution in [3.05, 3.63) is 57.2 Å². The van der Waals surface area contributed by atoms with E-state index >= 15 is 0 Å². The predicted molar refractivity (Wildman–Crippen MR) is 92.2 cm³/mol. The maximum Gasteiger partial charge on any atom is 0.264 e. The first-order valence-corrected chi connectivity index (χ1v) is 8.67. The summed E-state index contributed by atoms with van der Waals surface area (Å²) in [6.45, 7) is 2.52. The van der Waals surface area contributed by atoms with E-state index in [1.165, 1.54) is 17.7 Å². The Balaban J connectivity index is 1.75. The molecule has 0 unspecified atom stereocenters. The first kappa shape index (κ1) is 15.0. The van der Waals surface area contributed by atoms with E-state index in [0.29, 0.717) is 27.2 Å². The number of carbonyl (C=O) groups excluding carboxylic acids is 1. The van der Waals surface area contributed by atoms with Crippen molar-refractivity contribution >= 4 is 27.5 Å². The lowest BCUT2D eigenvalue weighted by Crippen LogP contribution is -2.30. The first-order valence-electron chi connectivity index (χ1n) is 7.85. The highest BCUT2D eigenvalue weighted by Gasteiger charge is 2.33. The van der Waals surface area contributed by atoms with E-state index in [1.54, 1.807) is 6.20 Å². The molecule has 7 heteroatoms. The molecule has 1 amide bonds. The Hall–Kier alpha value is -2.54. The molecule has 122 valence electrons. The number of aryl methyl sites for hydroxylation is 1. The molecule has 0 saturated carbocycles. The normalized spacial score (nSPS) is 17.5. The molecular formula is C17H16N4O2S. The minimum atomic E-state index is -0.199. The number of hydrogen-bond acceptors (Lipinski definition) is 5. The summed E-state index contributed by atoms with van der Waals surface area (Å²) in [6, 6.07) is 5.77. The fraction of sp³-hybridized carbons (Fsp3) is 0.294. The Morgan fingerprint density at radius 1 is 1.38 bits per heavy atom. The molecule has 3 aromatic rings. The molecule has 1 fully saturated rings. The van der Waals surface area contributed by atoms with Gasteiger partial charge in [0, 0.05) is 12.7 Å². The number of nitrogens with one attached hydrogen (secondary N) is 1. The van der Waals surface area contributed by atoms with E-state index in [1.807, 2.05) is 30.0 Å². The summed E-state index contributed by atoms with van der Waals surface area (Å²) in [5, 5.41) is 0.513. The Labute approximate surface area is 142 Å². The average Bonchev–Trinajstić information content (AvgIpc) is 3.21. The van der Waals surface area contributed by atoms with Gasteiger partial charge in [0.1, 0.15) is 4.83 Å². The molecule has 4 rings (SSSR count). The molecule has 1 aliphatic rings. The van der Waals surface area contributed by atoms with Gasteiger partial charge >= 0.3 is 0 Å². The van der Waals surface area contributed by atoms with E-state index in [2.05, 4.69) is 15.0 Å². The quantitative estimate of drug-likeness (QED) is 0.778. The van der Waals surface area contributed by atoms with Gasteiger partial charge in [0.05, 0.1) is 28.3 Å². The molecule has 1 atom stereocenters. The van der Waals surface area contributed by atoms with E-state index in [9.17, 15) is 9.59 Å². The summed E-state index contributed by atoms with van der Waals surface area (Å²) in [5.74, 6) is -0.0388. The van der Waals surface area contributed by atoms with E-state index in [-0.39, 0.29) is 17.5 Å². The minimum absolute atomic E-state index is 0.00504. The minimum Gasteiger partial charge on any atom is -0.329 e. The second kappa shape index (κ2) is 5.83. The van der Waals surface area contributed by atoms with Crippen LogP contribution in [0.15, 0.2) is 35.5 Å². The van der Waals surface area contributed by atoms with Gasteiger partial charge in [-0.2, -0.15) is 0 Å². The molecule has 3 aromatic heterocycles. The van der Waals surface area contributed by atoms with E-state index < -0.39 is 0 Å². The highest BCUT2D eigenvalue weighted by Crippen LogP contribution is 2.35. The van der Waals surface area contributed by atoms with Crippen LogP contribution in [0.5, 0.6) is 0 Å². The lowest BCUT2D eigenvalue weighted by Gasteiger charge is -2.24. The second-order valence-electron chi connectivity index (χ2n) is 5.88. The van der Waals surface area contributed by atoms with Crippen molar-refractivity contribution in [2.24, 2.45) is 0 Å². The second-order valence-corrected chi connectivity index (χ2v) is 6.88. The molecule has 0 aliphatic carbocycles. The van der Waals surface area contributed by atoms with Gasteiger partial charge in [-0.3, -0.25) is 14.6 Å². The molecule has 6 nitrogen and oxygen atoms in total. The van der Waals surface area contributed by atoms with Crippen LogP contribution >= 0.6 is 11.3 Å². The summed E-state index contributed by atoms with van der Waals surface area (Å²) in [5.41, 5.74) is 1.43. The number of pyridine rings is 1. The highest BCUT2D eigenvalue weighted by atomic mass is 32.1. The molecule has 4 heterocycles. The number of H-pyrrole nitrogens is 1. The van der Waals surface area contributed by atoms with Crippen molar-refractivity contribution in [1.29, 1.82) is 0 Å². The number of amides is 1. The zero-order valence-corrected chi connectivity index (χ0v) is 14.0. The SMILES string of the molecule is Cc1c(C(=O)N2CCC[C@@H]2c2ccccn2)sc2nc[nH]c(=O)c12. The van der Waals surface area contributed by atoms with Gasteiger partial charge in [-0.25, -0.2) is 4.98 Å². The third kappa shape index (κ3) is 2.32. The zero-order valence-electron chi connectivity index (χ0n) is 13.2. The molecule has 1 N–H and O–H groups in total. The van der Waals surface area contributed by atoms with Gasteiger partial charge < -0.3 is 9.88 Å². The number of aromatic amines is 1. The van der Waals surface area contributed by atoms with Crippen LogP contribution in [0.2, 0.25) is 0 Å². The molecular weight excluding hydrogens is 324 g/mol. The molecule has 0 spiro atoms. The smallest absolute Gasteiger partial charge is 0.264 e. The third-order valence-corrected chi connectivity index (χ3v) is 5.66. The summed E-state index contributed by atoms with van der Waals surface area (Å²) in [4.78, 5) is 39.4. The van der Waals surface area contributed by atoms with Crippen LogP contribution in [-0.4, -0.2) is 32.3 Å². The maximum atomic E-state index is 13.1. The molecule has 1 aliphatic heterocycles. The maximum absolute atomic E-state index is 13.1. The molecule has 24 heavy (non-hydrogen) atoms. The van der Waals surface area contributed by atoms with Crippen molar-refractivity contribution < 1.29 is 4.79 Å². The van der Waals surface area contributed by atoms with Crippen LogP contribution < -0.4 is 5.56 Å². The first-order chi connectivity index (χ1) is 11.7.